The van der Waals surface area contributed by atoms with E-state index < -0.39 is 11.0 Å². The summed E-state index contributed by atoms with van der Waals surface area (Å²) in [5.74, 6) is 0.469. The minimum atomic E-state index is -0.605. The Hall–Kier alpha value is -1.80. The number of rotatable bonds is 8. The molecule has 0 aliphatic carbocycles. The van der Waals surface area contributed by atoms with Crippen molar-refractivity contribution in [1.29, 1.82) is 0 Å². The number of hydrogen-bond donors (Lipinski definition) is 1. The molecule has 25 heavy (non-hydrogen) atoms. The molecule has 0 bridgehead atoms. The maximum Gasteiger partial charge on any atom is 0.328 e. The van der Waals surface area contributed by atoms with Gasteiger partial charge in [0.2, 0.25) is 0 Å². The minimum absolute atomic E-state index is 0.0213. The van der Waals surface area contributed by atoms with Gasteiger partial charge in [0.1, 0.15) is 11.5 Å². The highest BCUT2D eigenvalue weighted by atomic mass is 32.2. The van der Waals surface area contributed by atoms with E-state index in [0.717, 1.165) is 18.6 Å². The molecule has 7 nitrogen and oxygen atoms in total. The van der Waals surface area contributed by atoms with E-state index in [-0.39, 0.29) is 29.6 Å². The van der Waals surface area contributed by atoms with Gasteiger partial charge in [-0.3, -0.25) is 10.1 Å². The Morgan fingerprint density at radius 3 is 3.00 bits per heavy atom. The number of nitro groups is 1. The molecular weight excluding hydrogens is 344 g/mol. The van der Waals surface area contributed by atoms with Gasteiger partial charge in [0.25, 0.3) is 5.69 Å². The van der Waals surface area contributed by atoms with E-state index >= 15 is 0 Å². The van der Waals surface area contributed by atoms with Crippen molar-refractivity contribution in [1.82, 2.24) is 0 Å². The Morgan fingerprint density at radius 1 is 1.52 bits per heavy atom. The van der Waals surface area contributed by atoms with Crippen LogP contribution >= 0.6 is 11.8 Å². The highest BCUT2D eigenvalue weighted by molar-refractivity contribution is 7.99. The van der Waals surface area contributed by atoms with Crippen LogP contribution in [0.2, 0.25) is 0 Å². The van der Waals surface area contributed by atoms with Crippen molar-refractivity contribution >= 4 is 29.1 Å². The number of hydrogen-bond acceptors (Lipinski definition) is 7. The Labute approximate surface area is 151 Å². The van der Waals surface area contributed by atoms with Crippen LogP contribution < -0.4 is 5.32 Å². The highest BCUT2D eigenvalue weighted by Gasteiger charge is 2.38. The summed E-state index contributed by atoms with van der Waals surface area (Å²) in [7, 11) is 0. The first-order chi connectivity index (χ1) is 12.1. The average Bonchev–Trinajstić information content (AvgIpc) is 2.61. The van der Waals surface area contributed by atoms with Crippen molar-refractivity contribution in [2.75, 3.05) is 24.3 Å². The number of nitro benzene ring substituents is 1. The number of anilines is 1. The number of nitrogens with one attached hydrogen (secondary N) is 1. The van der Waals surface area contributed by atoms with Crippen molar-refractivity contribution in [3.05, 3.63) is 34.4 Å². The molecule has 0 spiro atoms. The van der Waals surface area contributed by atoms with Gasteiger partial charge < -0.3 is 14.8 Å². The fourth-order valence-corrected chi connectivity index (χ4v) is 3.96. The van der Waals surface area contributed by atoms with Gasteiger partial charge in [-0.1, -0.05) is 13.0 Å². The van der Waals surface area contributed by atoms with Crippen LogP contribution in [0, 0.1) is 16.0 Å². The molecule has 2 rings (SSSR count). The molecule has 3 atom stereocenters. The number of benzene rings is 1. The maximum absolute atomic E-state index is 12.5. The van der Waals surface area contributed by atoms with Crippen LogP contribution in [0.3, 0.4) is 0 Å². The van der Waals surface area contributed by atoms with Gasteiger partial charge >= 0.3 is 5.97 Å². The van der Waals surface area contributed by atoms with E-state index in [1.54, 1.807) is 30.8 Å². The predicted octanol–water partition coefficient (Wildman–Crippen LogP) is 3.44. The second-order valence-corrected chi connectivity index (χ2v) is 7.06. The second-order valence-electron chi connectivity index (χ2n) is 5.68. The predicted molar refractivity (Wildman–Crippen MR) is 97.7 cm³/mol. The third-order valence-corrected chi connectivity index (χ3v) is 5.14. The number of non-ortho nitro benzene ring substituents is 1. The maximum atomic E-state index is 12.5. The van der Waals surface area contributed by atoms with E-state index in [2.05, 4.69) is 5.32 Å². The third-order valence-electron chi connectivity index (χ3n) is 3.99. The van der Waals surface area contributed by atoms with Crippen molar-refractivity contribution in [3.8, 4) is 0 Å². The molecule has 0 aromatic heterocycles. The number of carbonyl (C=O) groups is 1. The Balaban J connectivity index is 2.24. The smallest absolute Gasteiger partial charge is 0.328 e. The standard InChI is InChI=1S/C17H24N2O5S/c1-3-23-16(20)15(14-9-6-10-24-17(14)25-4-2)18-12-7-5-8-13(11-12)19(21)22/h5,7-8,11,14-15,17-18H,3-4,6,9-10H2,1-2H3/t14-,15+,17-/m0/s1. The van der Waals surface area contributed by atoms with E-state index in [9.17, 15) is 14.9 Å². The van der Waals surface area contributed by atoms with Crippen molar-refractivity contribution < 1.29 is 19.2 Å². The quantitative estimate of drug-likeness (QED) is 0.427. The molecular formula is C17H24N2O5S. The van der Waals surface area contributed by atoms with E-state index in [1.165, 1.54) is 12.1 Å². The van der Waals surface area contributed by atoms with Gasteiger partial charge in [-0.15, -0.1) is 11.8 Å². The zero-order valence-corrected chi connectivity index (χ0v) is 15.3. The zero-order chi connectivity index (χ0) is 18.2. The molecule has 1 aliphatic rings. The topological polar surface area (TPSA) is 90.7 Å². The molecule has 1 aromatic carbocycles. The number of carbonyl (C=O) groups excluding carboxylic acids is 1. The Morgan fingerprint density at radius 2 is 2.32 bits per heavy atom. The monoisotopic (exact) mass is 368 g/mol. The first kappa shape index (κ1) is 19.5. The van der Waals surface area contributed by atoms with Gasteiger partial charge in [-0.25, -0.2) is 4.79 Å². The summed E-state index contributed by atoms with van der Waals surface area (Å²) in [6.45, 7) is 4.77. The molecule has 138 valence electrons. The first-order valence-corrected chi connectivity index (χ1v) is 9.52. The summed E-state index contributed by atoms with van der Waals surface area (Å²) in [6, 6.07) is 5.55. The first-order valence-electron chi connectivity index (χ1n) is 8.47. The molecule has 8 heteroatoms. The van der Waals surface area contributed by atoms with Gasteiger partial charge in [0.15, 0.2) is 0 Å². The Kier molecular flexibility index (Phi) is 7.52. The van der Waals surface area contributed by atoms with Crippen LogP contribution in [-0.2, 0) is 14.3 Å². The fourth-order valence-electron chi connectivity index (χ4n) is 2.90. The van der Waals surface area contributed by atoms with Crippen molar-refractivity contribution in [2.45, 2.75) is 38.2 Å². The number of esters is 1. The van der Waals surface area contributed by atoms with Crippen LogP contribution in [0.5, 0.6) is 0 Å². The van der Waals surface area contributed by atoms with Crippen LogP contribution in [0.1, 0.15) is 26.7 Å². The highest BCUT2D eigenvalue weighted by Crippen LogP contribution is 2.33. The Bertz CT molecular complexity index is 596. The molecule has 1 aromatic rings. The van der Waals surface area contributed by atoms with Crippen LogP contribution in [0.4, 0.5) is 11.4 Å². The average molecular weight is 368 g/mol. The van der Waals surface area contributed by atoms with Gasteiger partial charge in [0, 0.05) is 30.3 Å². The second kappa shape index (κ2) is 9.62. The zero-order valence-electron chi connectivity index (χ0n) is 14.5. The summed E-state index contributed by atoms with van der Waals surface area (Å²) < 4.78 is 11.1. The van der Waals surface area contributed by atoms with Gasteiger partial charge in [-0.2, -0.15) is 0 Å². The number of nitrogens with zero attached hydrogens (tertiary/aromatic N) is 1. The van der Waals surface area contributed by atoms with E-state index in [4.69, 9.17) is 9.47 Å². The lowest BCUT2D eigenvalue weighted by atomic mass is 9.93. The summed E-state index contributed by atoms with van der Waals surface area (Å²) >= 11 is 1.66. The van der Waals surface area contributed by atoms with Gasteiger partial charge in [-0.05, 0) is 31.6 Å². The summed E-state index contributed by atoms with van der Waals surface area (Å²) in [6.07, 6.45) is 1.71. The molecule has 1 saturated heterocycles. The lowest BCUT2D eigenvalue weighted by Gasteiger charge is -2.36. The number of thioether (sulfide) groups is 1. The normalized spacial score (nSPS) is 21.4. The lowest BCUT2D eigenvalue weighted by molar-refractivity contribution is -0.384. The van der Waals surface area contributed by atoms with Crippen molar-refractivity contribution in [3.63, 3.8) is 0 Å². The molecule has 1 heterocycles. The molecule has 0 unspecified atom stereocenters. The van der Waals surface area contributed by atoms with Crippen molar-refractivity contribution in [2.24, 2.45) is 5.92 Å². The summed E-state index contributed by atoms with van der Waals surface area (Å²) in [5, 5.41) is 14.1. The summed E-state index contributed by atoms with van der Waals surface area (Å²) in [5.41, 5.74) is 0.407. The number of ether oxygens (including phenoxy) is 2. The SMILES string of the molecule is CCOC(=O)[C@H](Nc1cccc([N+](=O)[O-])c1)[C@@H]1CCCO[C@H]1SCC. The lowest BCUT2D eigenvalue weighted by Crippen LogP contribution is -2.45. The fraction of sp³-hybridized carbons (Fsp3) is 0.588. The molecule has 0 amide bonds. The van der Waals surface area contributed by atoms with E-state index in [0.29, 0.717) is 12.3 Å². The van der Waals surface area contributed by atoms with Crippen LogP contribution in [-0.4, -0.2) is 41.3 Å². The molecule has 0 saturated carbocycles. The van der Waals surface area contributed by atoms with Crippen LogP contribution in [0.15, 0.2) is 24.3 Å². The van der Waals surface area contributed by atoms with Gasteiger partial charge in [0.05, 0.1) is 11.5 Å². The summed E-state index contributed by atoms with van der Waals surface area (Å²) in [4.78, 5) is 23.1. The minimum Gasteiger partial charge on any atom is -0.464 e. The molecule has 1 fully saturated rings. The van der Waals surface area contributed by atoms with Crippen LogP contribution in [0.25, 0.3) is 0 Å². The molecule has 1 aliphatic heterocycles. The molecule has 0 radical (unpaired) electrons. The third kappa shape index (κ3) is 5.34. The largest absolute Gasteiger partial charge is 0.464 e. The molecule has 1 N–H and O–H groups in total. The van der Waals surface area contributed by atoms with E-state index in [1.807, 2.05) is 6.92 Å².